The molecule has 0 atom stereocenters. The van der Waals surface area contributed by atoms with Gasteiger partial charge in [0, 0.05) is 32.1 Å². The van der Waals surface area contributed by atoms with E-state index in [1.807, 2.05) is 36.1 Å². The zero-order valence-electron chi connectivity index (χ0n) is 16.2. The third-order valence-electron chi connectivity index (χ3n) is 5.25. The normalized spacial score (nSPS) is 18.3. The van der Waals surface area contributed by atoms with Gasteiger partial charge in [-0.15, -0.1) is 0 Å². The summed E-state index contributed by atoms with van der Waals surface area (Å²) in [5.41, 5.74) is 2.53. The molecule has 1 aromatic carbocycles. The van der Waals surface area contributed by atoms with Gasteiger partial charge in [-0.05, 0) is 36.8 Å². The summed E-state index contributed by atoms with van der Waals surface area (Å²) < 4.78 is 16.8. The lowest BCUT2D eigenvalue weighted by Crippen LogP contribution is -2.47. The van der Waals surface area contributed by atoms with Crippen molar-refractivity contribution >= 4 is 17.4 Å². The van der Waals surface area contributed by atoms with Crippen LogP contribution in [0.1, 0.15) is 28.8 Å². The number of amides is 1. The number of hydrogen-bond donors (Lipinski definition) is 1. The number of anilines is 2. The van der Waals surface area contributed by atoms with Gasteiger partial charge in [0.2, 0.25) is 0 Å². The van der Waals surface area contributed by atoms with Gasteiger partial charge >= 0.3 is 0 Å². The second-order valence-electron chi connectivity index (χ2n) is 7.16. The predicted octanol–water partition coefficient (Wildman–Crippen LogP) is 3.12. The molecule has 0 bridgehead atoms. The van der Waals surface area contributed by atoms with Gasteiger partial charge in [-0.1, -0.05) is 6.07 Å². The Kier molecular flexibility index (Phi) is 5.19. The lowest BCUT2D eigenvalue weighted by atomic mass is 10.0. The van der Waals surface area contributed by atoms with Crippen molar-refractivity contribution in [3.05, 3.63) is 47.7 Å². The van der Waals surface area contributed by atoms with E-state index >= 15 is 0 Å². The molecule has 4 rings (SSSR count). The van der Waals surface area contributed by atoms with E-state index in [9.17, 15) is 4.79 Å². The van der Waals surface area contributed by atoms with E-state index in [0.29, 0.717) is 50.5 Å². The minimum atomic E-state index is -0.477. The fourth-order valence-electron chi connectivity index (χ4n) is 3.67. The van der Waals surface area contributed by atoms with Crippen LogP contribution >= 0.6 is 0 Å². The zero-order valence-corrected chi connectivity index (χ0v) is 16.2. The molecule has 0 unspecified atom stereocenters. The molecule has 1 N–H and O–H groups in total. The van der Waals surface area contributed by atoms with Crippen LogP contribution in [-0.4, -0.2) is 55.0 Å². The minimum Gasteiger partial charge on any atom is -0.495 e. The van der Waals surface area contributed by atoms with E-state index in [1.165, 1.54) is 0 Å². The molecular formula is C21H25N3O4. The number of carbonyl (C=O) groups is 1. The number of likely N-dealkylation sites (tertiary alicyclic amines) is 1. The van der Waals surface area contributed by atoms with E-state index in [-0.39, 0.29) is 5.91 Å². The monoisotopic (exact) mass is 383 g/mol. The van der Waals surface area contributed by atoms with Crippen molar-refractivity contribution in [2.45, 2.75) is 25.6 Å². The number of rotatable bonds is 4. The Balaban J connectivity index is 1.41. The maximum Gasteiger partial charge on any atom is 0.255 e. The fraction of sp³-hybridized carbons (Fsp3) is 0.429. The topological polar surface area (TPSA) is 72.9 Å². The summed E-state index contributed by atoms with van der Waals surface area (Å²) in [6.45, 7) is 4.54. The summed E-state index contributed by atoms with van der Waals surface area (Å²) >= 11 is 0. The van der Waals surface area contributed by atoms with Crippen LogP contribution in [0.5, 0.6) is 5.75 Å². The highest BCUT2D eigenvalue weighted by molar-refractivity contribution is 5.94. The lowest BCUT2D eigenvalue weighted by molar-refractivity contribution is -0.181. The van der Waals surface area contributed by atoms with Crippen LogP contribution in [0, 0.1) is 6.92 Å². The molecule has 0 aliphatic carbocycles. The van der Waals surface area contributed by atoms with Gasteiger partial charge in [0.15, 0.2) is 5.79 Å². The summed E-state index contributed by atoms with van der Waals surface area (Å²) in [4.78, 5) is 19.0. The number of hydrogen-bond acceptors (Lipinski definition) is 6. The molecule has 3 heterocycles. The van der Waals surface area contributed by atoms with Crippen molar-refractivity contribution in [2.75, 3.05) is 38.7 Å². The maximum atomic E-state index is 12.8. The number of aryl methyl sites for hydroxylation is 1. The molecule has 0 saturated carbocycles. The molecule has 7 nitrogen and oxygen atoms in total. The molecule has 0 radical (unpaired) electrons. The van der Waals surface area contributed by atoms with Crippen LogP contribution in [0.15, 0.2) is 36.5 Å². The van der Waals surface area contributed by atoms with Gasteiger partial charge in [0.1, 0.15) is 11.6 Å². The molecule has 2 aliphatic heterocycles. The van der Waals surface area contributed by atoms with Crippen molar-refractivity contribution in [3.63, 3.8) is 0 Å². The smallest absolute Gasteiger partial charge is 0.255 e. The van der Waals surface area contributed by atoms with Gasteiger partial charge < -0.3 is 24.4 Å². The van der Waals surface area contributed by atoms with Crippen LogP contribution < -0.4 is 10.1 Å². The summed E-state index contributed by atoms with van der Waals surface area (Å²) in [7, 11) is 1.63. The van der Waals surface area contributed by atoms with Gasteiger partial charge in [-0.3, -0.25) is 4.79 Å². The minimum absolute atomic E-state index is 0.0139. The first-order chi connectivity index (χ1) is 13.6. The molecule has 2 aromatic rings. The Morgan fingerprint density at radius 1 is 1.18 bits per heavy atom. The lowest BCUT2D eigenvalue weighted by Gasteiger charge is -2.37. The van der Waals surface area contributed by atoms with Crippen LogP contribution in [0.2, 0.25) is 0 Å². The summed E-state index contributed by atoms with van der Waals surface area (Å²) in [6.07, 6.45) is 3.03. The van der Waals surface area contributed by atoms with Crippen molar-refractivity contribution in [3.8, 4) is 5.75 Å². The molecule has 1 spiro atoms. The van der Waals surface area contributed by atoms with Gasteiger partial charge in [0.25, 0.3) is 5.91 Å². The average Bonchev–Trinajstić information content (AvgIpc) is 3.17. The molecule has 1 aromatic heterocycles. The number of nitrogens with zero attached hydrogens (tertiary/aromatic N) is 2. The number of pyridine rings is 1. The number of carbonyl (C=O) groups excluding carboxylic acids is 1. The predicted molar refractivity (Wildman–Crippen MR) is 105 cm³/mol. The van der Waals surface area contributed by atoms with Crippen LogP contribution in [0.4, 0.5) is 11.5 Å². The first kappa shape index (κ1) is 18.7. The van der Waals surface area contributed by atoms with E-state index in [0.717, 1.165) is 17.0 Å². The Labute approximate surface area is 164 Å². The Morgan fingerprint density at radius 3 is 2.57 bits per heavy atom. The molecule has 2 fully saturated rings. The molecule has 148 valence electrons. The Morgan fingerprint density at radius 2 is 1.93 bits per heavy atom. The third-order valence-corrected chi connectivity index (χ3v) is 5.25. The van der Waals surface area contributed by atoms with Gasteiger partial charge in [0.05, 0.1) is 31.6 Å². The van der Waals surface area contributed by atoms with Gasteiger partial charge in [-0.25, -0.2) is 4.98 Å². The highest BCUT2D eigenvalue weighted by atomic mass is 16.7. The summed E-state index contributed by atoms with van der Waals surface area (Å²) in [5.74, 6) is 0.910. The average molecular weight is 383 g/mol. The van der Waals surface area contributed by atoms with E-state index in [4.69, 9.17) is 14.2 Å². The second-order valence-corrected chi connectivity index (χ2v) is 7.16. The number of aromatic nitrogens is 1. The summed E-state index contributed by atoms with van der Waals surface area (Å²) in [6, 6.07) is 9.51. The summed E-state index contributed by atoms with van der Waals surface area (Å²) in [5, 5.41) is 3.25. The zero-order chi connectivity index (χ0) is 19.6. The second kappa shape index (κ2) is 7.77. The Hall–Kier alpha value is -2.64. The molecule has 7 heteroatoms. The first-order valence-corrected chi connectivity index (χ1v) is 9.53. The number of piperidine rings is 1. The first-order valence-electron chi connectivity index (χ1n) is 9.53. The number of nitrogens with one attached hydrogen (secondary N) is 1. The van der Waals surface area contributed by atoms with Gasteiger partial charge in [-0.2, -0.15) is 0 Å². The van der Waals surface area contributed by atoms with Crippen molar-refractivity contribution < 1.29 is 19.0 Å². The van der Waals surface area contributed by atoms with E-state index < -0.39 is 5.79 Å². The number of methoxy groups -OCH3 is 1. The molecule has 2 saturated heterocycles. The molecule has 2 aliphatic rings. The highest BCUT2D eigenvalue weighted by Crippen LogP contribution is 2.32. The van der Waals surface area contributed by atoms with Crippen LogP contribution in [-0.2, 0) is 9.47 Å². The van der Waals surface area contributed by atoms with Crippen molar-refractivity contribution in [1.82, 2.24) is 9.88 Å². The highest BCUT2D eigenvalue weighted by Gasteiger charge is 2.40. The van der Waals surface area contributed by atoms with Crippen molar-refractivity contribution in [2.24, 2.45) is 0 Å². The SMILES string of the molecule is COc1ccc(C)cc1Nc1ccc(C(=O)N2CCC3(CC2)OCCO3)cn1. The quantitative estimate of drug-likeness (QED) is 0.875. The van der Waals surface area contributed by atoms with E-state index in [1.54, 1.807) is 19.4 Å². The van der Waals surface area contributed by atoms with E-state index in [2.05, 4.69) is 10.3 Å². The Bertz CT molecular complexity index is 837. The number of ether oxygens (including phenoxy) is 3. The molecule has 1 amide bonds. The van der Waals surface area contributed by atoms with Crippen molar-refractivity contribution in [1.29, 1.82) is 0 Å². The third kappa shape index (κ3) is 3.81. The van der Waals surface area contributed by atoms with Crippen LogP contribution in [0.25, 0.3) is 0 Å². The largest absolute Gasteiger partial charge is 0.495 e. The van der Waals surface area contributed by atoms with Crippen LogP contribution in [0.3, 0.4) is 0 Å². The molecule has 28 heavy (non-hydrogen) atoms. The standard InChI is InChI=1S/C21H25N3O4/c1-15-3-5-18(26-2)17(13-15)23-19-6-4-16(14-22-19)20(25)24-9-7-21(8-10-24)27-11-12-28-21/h3-6,13-14H,7-12H2,1-2H3,(H,22,23). The number of benzene rings is 1. The molecular weight excluding hydrogens is 358 g/mol. The fourth-order valence-corrected chi connectivity index (χ4v) is 3.67. The maximum absolute atomic E-state index is 12.8.